The molecule has 1 aromatic heterocycles. The molecule has 0 saturated heterocycles. The fraction of sp³-hybridized carbons (Fsp3) is 0.167. The van der Waals surface area contributed by atoms with Crippen LogP contribution in [0.4, 0.5) is 10.2 Å². The third-order valence-electron chi connectivity index (χ3n) is 2.75. The van der Waals surface area contributed by atoms with E-state index in [9.17, 15) is 4.39 Å². The van der Waals surface area contributed by atoms with Crippen LogP contribution in [0, 0.1) is 19.7 Å². The van der Waals surface area contributed by atoms with Gasteiger partial charge in [-0.3, -0.25) is 0 Å². The first-order valence-corrected chi connectivity index (χ1v) is 5.43. The fourth-order valence-corrected chi connectivity index (χ4v) is 1.82. The van der Waals surface area contributed by atoms with E-state index in [-0.39, 0.29) is 5.82 Å². The van der Waals surface area contributed by atoms with Crippen LogP contribution in [-0.2, 0) is 0 Å². The van der Waals surface area contributed by atoms with Crippen molar-refractivity contribution in [1.82, 2.24) is 10.2 Å². The Balaban J connectivity index is 2.65. The van der Waals surface area contributed by atoms with Gasteiger partial charge in [0.25, 0.3) is 0 Å². The molecule has 1 heterocycles. The fourth-order valence-electron chi connectivity index (χ4n) is 1.56. The summed E-state index contributed by atoms with van der Waals surface area (Å²) in [6.07, 6.45) is 0. The molecule has 17 heavy (non-hydrogen) atoms. The quantitative estimate of drug-likeness (QED) is 0.847. The second-order valence-corrected chi connectivity index (χ2v) is 4.22. The Morgan fingerprint density at radius 2 is 1.88 bits per heavy atom. The second-order valence-electron chi connectivity index (χ2n) is 3.81. The number of hydrogen-bond donors (Lipinski definition) is 1. The van der Waals surface area contributed by atoms with Crippen LogP contribution in [0.1, 0.15) is 11.1 Å². The van der Waals surface area contributed by atoms with Gasteiger partial charge in [-0.25, -0.2) is 4.39 Å². The molecule has 2 rings (SSSR count). The molecule has 1 aromatic carbocycles. The van der Waals surface area contributed by atoms with E-state index in [1.807, 2.05) is 13.8 Å². The Labute approximate surface area is 103 Å². The van der Waals surface area contributed by atoms with Crippen molar-refractivity contribution in [2.45, 2.75) is 13.8 Å². The van der Waals surface area contributed by atoms with E-state index in [4.69, 9.17) is 17.3 Å². The van der Waals surface area contributed by atoms with Gasteiger partial charge in [0.15, 0.2) is 0 Å². The lowest BCUT2D eigenvalue weighted by atomic mass is 10.0. The molecule has 0 fully saturated rings. The molecule has 2 aromatic rings. The number of aromatic nitrogens is 2. The van der Waals surface area contributed by atoms with E-state index >= 15 is 0 Å². The molecule has 0 unspecified atom stereocenters. The molecule has 3 nitrogen and oxygen atoms in total. The van der Waals surface area contributed by atoms with Gasteiger partial charge < -0.3 is 5.73 Å². The highest BCUT2D eigenvalue weighted by atomic mass is 35.5. The first kappa shape index (κ1) is 11.8. The molecule has 0 atom stereocenters. The molecule has 88 valence electrons. The van der Waals surface area contributed by atoms with E-state index in [2.05, 4.69) is 10.2 Å². The molecule has 0 saturated carbocycles. The summed E-state index contributed by atoms with van der Waals surface area (Å²) in [7, 11) is 0. The molecular weight excluding hydrogens is 241 g/mol. The van der Waals surface area contributed by atoms with Crippen molar-refractivity contribution in [1.29, 1.82) is 0 Å². The average molecular weight is 252 g/mol. The summed E-state index contributed by atoms with van der Waals surface area (Å²) in [6.45, 7) is 3.75. The van der Waals surface area contributed by atoms with Crippen molar-refractivity contribution in [2.75, 3.05) is 5.73 Å². The van der Waals surface area contributed by atoms with Gasteiger partial charge in [0.1, 0.15) is 11.6 Å². The molecule has 5 heteroatoms. The summed E-state index contributed by atoms with van der Waals surface area (Å²) in [5, 5.41) is 8.18. The molecule has 0 aliphatic rings. The van der Waals surface area contributed by atoms with Crippen molar-refractivity contribution in [2.24, 2.45) is 0 Å². The molecule has 0 bridgehead atoms. The van der Waals surface area contributed by atoms with Crippen molar-refractivity contribution in [3.63, 3.8) is 0 Å². The van der Waals surface area contributed by atoms with Crippen molar-refractivity contribution in [3.05, 3.63) is 40.2 Å². The van der Waals surface area contributed by atoms with Gasteiger partial charge in [-0.05, 0) is 43.2 Å². The highest BCUT2D eigenvalue weighted by Gasteiger charge is 2.12. The van der Waals surface area contributed by atoms with Crippen molar-refractivity contribution < 1.29 is 4.39 Å². The van der Waals surface area contributed by atoms with Crippen LogP contribution >= 0.6 is 11.6 Å². The zero-order chi connectivity index (χ0) is 12.6. The summed E-state index contributed by atoms with van der Waals surface area (Å²) in [4.78, 5) is 0. The van der Waals surface area contributed by atoms with Crippen LogP contribution in [0.3, 0.4) is 0 Å². The number of hydrogen-bond acceptors (Lipinski definition) is 3. The number of nitrogen functional groups attached to an aromatic ring is 1. The van der Waals surface area contributed by atoms with Crippen molar-refractivity contribution in [3.8, 4) is 11.3 Å². The zero-order valence-electron chi connectivity index (χ0n) is 9.46. The molecule has 0 amide bonds. The van der Waals surface area contributed by atoms with E-state index < -0.39 is 0 Å². The number of anilines is 1. The molecule has 0 radical (unpaired) electrons. The molecule has 2 N–H and O–H groups in total. The lowest BCUT2D eigenvalue weighted by Gasteiger charge is -2.09. The summed E-state index contributed by atoms with van der Waals surface area (Å²) in [6, 6.07) is 4.18. The highest BCUT2D eigenvalue weighted by Crippen LogP contribution is 2.30. The van der Waals surface area contributed by atoms with Gasteiger partial charge in [-0.2, -0.15) is 0 Å². The van der Waals surface area contributed by atoms with Crippen LogP contribution in [0.2, 0.25) is 5.02 Å². The zero-order valence-corrected chi connectivity index (χ0v) is 10.2. The summed E-state index contributed by atoms with van der Waals surface area (Å²) >= 11 is 5.99. The monoisotopic (exact) mass is 251 g/mol. The third kappa shape index (κ3) is 2.08. The average Bonchev–Trinajstić information content (AvgIpc) is 2.28. The SMILES string of the molecule is Cc1c(N)nnc(-c2ccc(F)cc2Cl)c1C. The van der Waals surface area contributed by atoms with Gasteiger partial charge >= 0.3 is 0 Å². The minimum absolute atomic E-state index is 0.312. The predicted molar refractivity (Wildman–Crippen MR) is 66.3 cm³/mol. The lowest BCUT2D eigenvalue weighted by molar-refractivity contribution is 0.628. The number of halogens is 2. The highest BCUT2D eigenvalue weighted by molar-refractivity contribution is 6.33. The van der Waals surface area contributed by atoms with Crippen molar-refractivity contribution >= 4 is 17.4 Å². The van der Waals surface area contributed by atoms with E-state index in [0.29, 0.717) is 22.1 Å². The standard InChI is InChI=1S/C12H11ClFN3/c1-6-7(2)12(15)17-16-11(6)9-4-3-8(14)5-10(9)13/h3-5H,1-2H3,(H2,15,17). The van der Waals surface area contributed by atoms with Gasteiger partial charge in [0.05, 0.1) is 10.7 Å². The molecule has 0 spiro atoms. The maximum atomic E-state index is 13.0. The smallest absolute Gasteiger partial charge is 0.149 e. The Morgan fingerprint density at radius 1 is 1.18 bits per heavy atom. The molecule has 0 aliphatic heterocycles. The first-order valence-electron chi connectivity index (χ1n) is 5.05. The number of benzene rings is 1. The third-order valence-corrected chi connectivity index (χ3v) is 3.06. The van der Waals surface area contributed by atoms with E-state index in [0.717, 1.165) is 11.1 Å². The van der Waals surface area contributed by atoms with Gasteiger partial charge in [0.2, 0.25) is 0 Å². The largest absolute Gasteiger partial charge is 0.382 e. The van der Waals surface area contributed by atoms with Crippen LogP contribution in [-0.4, -0.2) is 10.2 Å². The first-order chi connectivity index (χ1) is 8.00. The Bertz CT molecular complexity index is 584. The molecule has 0 aliphatic carbocycles. The van der Waals surface area contributed by atoms with Crippen LogP contribution < -0.4 is 5.73 Å². The maximum absolute atomic E-state index is 13.0. The lowest BCUT2D eigenvalue weighted by Crippen LogP contribution is -2.02. The topological polar surface area (TPSA) is 51.8 Å². The number of nitrogens with two attached hydrogens (primary N) is 1. The van der Waals surface area contributed by atoms with Gasteiger partial charge in [0, 0.05) is 5.56 Å². The normalized spacial score (nSPS) is 10.6. The van der Waals surface area contributed by atoms with E-state index in [1.165, 1.54) is 12.1 Å². The summed E-state index contributed by atoms with van der Waals surface area (Å²) in [5.41, 5.74) is 8.69. The number of rotatable bonds is 1. The Kier molecular flexibility index (Phi) is 2.98. The Hall–Kier alpha value is -1.68. The molecular formula is C12H11ClFN3. The summed E-state index contributed by atoms with van der Waals surface area (Å²) in [5.74, 6) is 0.0148. The Morgan fingerprint density at radius 3 is 2.53 bits per heavy atom. The van der Waals surface area contributed by atoms with Crippen LogP contribution in [0.25, 0.3) is 11.3 Å². The minimum atomic E-state index is -0.378. The summed E-state index contributed by atoms with van der Waals surface area (Å²) < 4.78 is 13.0. The van der Waals surface area contributed by atoms with Gasteiger partial charge in [-0.15, -0.1) is 10.2 Å². The van der Waals surface area contributed by atoms with Crippen LogP contribution in [0.5, 0.6) is 0 Å². The maximum Gasteiger partial charge on any atom is 0.149 e. The second kappa shape index (κ2) is 4.30. The minimum Gasteiger partial charge on any atom is -0.382 e. The van der Waals surface area contributed by atoms with Gasteiger partial charge in [-0.1, -0.05) is 11.6 Å². The van der Waals surface area contributed by atoms with Crippen LogP contribution in [0.15, 0.2) is 18.2 Å². The number of nitrogens with zero attached hydrogens (tertiary/aromatic N) is 2. The predicted octanol–water partition coefficient (Wildman–Crippen LogP) is 3.14. The van der Waals surface area contributed by atoms with E-state index in [1.54, 1.807) is 6.07 Å².